The molecule has 32 heavy (non-hydrogen) atoms. The Morgan fingerprint density at radius 1 is 1.22 bits per heavy atom. The van der Waals surface area contributed by atoms with Gasteiger partial charge in [-0.2, -0.15) is 0 Å². The molecule has 1 aliphatic carbocycles. The van der Waals surface area contributed by atoms with Gasteiger partial charge >= 0.3 is 5.97 Å². The molecule has 1 N–H and O–H groups in total. The molecule has 1 saturated carbocycles. The van der Waals surface area contributed by atoms with Crippen molar-refractivity contribution in [1.82, 2.24) is 9.97 Å². The number of aromatic nitrogens is 2. The molecule has 1 fully saturated rings. The van der Waals surface area contributed by atoms with E-state index in [0.29, 0.717) is 17.1 Å². The van der Waals surface area contributed by atoms with Crippen molar-refractivity contribution in [2.45, 2.75) is 39.7 Å². The number of Topliss-reactive ketones (excluding diaryl/α,β-unsaturated/α-hetero) is 1. The van der Waals surface area contributed by atoms with Gasteiger partial charge in [0.25, 0.3) is 5.91 Å². The van der Waals surface area contributed by atoms with Crippen LogP contribution in [0.15, 0.2) is 35.7 Å². The van der Waals surface area contributed by atoms with Crippen LogP contribution in [-0.2, 0) is 20.7 Å². The van der Waals surface area contributed by atoms with Crippen LogP contribution in [0.1, 0.15) is 43.2 Å². The van der Waals surface area contributed by atoms with Crippen molar-refractivity contribution in [3.05, 3.63) is 52.0 Å². The van der Waals surface area contributed by atoms with E-state index in [1.807, 2.05) is 0 Å². The summed E-state index contributed by atoms with van der Waals surface area (Å²) in [6, 6.07) is 2.52. The highest BCUT2D eigenvalue weighted by molar-refractivity contribution is 6.40. The van der Waals surface area contributed by atoms with Crippen LogP contribution in [0.2, 0.25) is 10.0 Å². The number of nitrogens with one attached hydrogen (secondary N) is 1. The van der Waals surface area contributed by atoms with Gasteiger partial charge in [-0.3, -0.25) is 24.5 Å². The number of carbonyl (C=O) groups excluding carboxylic acids is 3. The van der Waals surface area contributed by atoms with Gasteiger partial charge in [0.2, 0.25) is 0 Å². The number of ether oxygens (including phenoxy) is 1. The van der Waals surface area contributed by atoms with Crippen molar-refractivity contribution in [3.8, 4) is 0 Å². The molecule has 2 aromatic heterocycles. The molecule has 10 heteroatoms. The Kier molecular flexibility index (Phi) is 7.26. The molecular weight excluding hydrogens is 455 g/mol. The first kappa shape index (κ1) is 23.8. The topological polar surface area (TPSA) is 111 Å². The summed E-state index contributed by atoms with van der Waals surface area (Å²) in [6.07, 6.45) is 4.56. The van der Waals surface area contributed by atoms with Gasteiger partial charge in [-0.05, 0) is 32.9 Å². The van der Waals surface area contributed by atoms with E-state index in [4.69, 9.17) is 27.9 Å². The number of rotatable bonds is 7. The predicted molar refractivity (Wildman–Crippen MR) is 121 cm³/mol. The number of hydrogen-bond donors (Lipinski definition) is 1. The molecule has 0 aliphatic heterocycles. The van der Waals surface area contributed by atoms with Crippen LogP contribution < -0.4 is 5.32 Å². The smallest absolute Gasteiger partial charge is 0.331 e. The molecule has 1 atom stereocenters. The standard InChI is InChI=1S/C22H22Cl2N4O4/c1-4-32-21(31)16(28-17-8-18(29)22(17,2)3)7-12-5-6-13(9-26-12)27-20(30)19-14(23)10-25-11-15(19)24/h5-6,9-11,16H,4,7-8H2,1-3H3,(H,27,30)/t16-/m0/s1. The highest BCUT2D eigenvalue weighted by Crippen LogP contribution is 2.34. The number of anilines is 1. The Bertz CT molecular complexity index is 1060. The molecule has 3 rings (SSSR count). The summed E-state index contributed by atoms with van der Waals surface area (Å²) in [5, 5.41) is 2.94. The molecule has 8 nitrogen and oxygen atoms in total. The van der Waals surface area contributed by atoms with Gasteiger partial charge in [0, 0.05) is 36.6 Å². The van der Waals surface area contributed by atoms with Crippen molar-refractivity contribution in [2.75, 3.05) is 11.9 Å². The van der Waals surface area contributed by atoms with Crippen LogP contribution in [-0.4, -0.2) is 46.0 Å². The van der Waals surface area contributed by atoms with Gasteiger partial charge in [0.05, 0.1) is 39.5 Å². The molecule has 0 radical (unpaired) electrons. The van der Waals surface area contributed by atoms with Crippen LogP contribution in [0.5, 0.6) is 0 Å². The van der Waals surface area contributed by atoms with Crippen molar-refractivity contribution >= 4 is 52.3 Å². The van der Waals surface area contributed by atoms with Gasteiger partial charge in [-0.1, -0.05) is 23.2 Å². The maximum Gasteiger partial charge on any atom is 0.331 e. The summed E-state index contributed by atoms with van der Waals surface area (Å²) in [7, 11) is 0. The van der Waals surface area contributed by atoms with E-state index in [9.17, 15) is 14.4 Å². The Morgan fingerprint density at radius 3 is 2.44 bits per heavy atom. The molecular formula is C22H22Cl2N4O4. The van der Waals surface area contributed by atoms with Crippen LogP contribution in [0.4, 0.5) is 5.69 Å². The minimum absolute atomic E-state index is 0.0893. The fraction of sp³-hybridized carbons (Fsp3) is 0.364. The zero-order valence-electron chi connectivity index (χ0n) is 17.8. The predicted octanol–water partition coefficient (Wildman–Crippen LogP) is 3.95. The number of aliphatic imine (C=N–C) groups is 1. The van der Waals surface area contributed by atoms with E-state index in [-0.39, 0.29) is 40.8 Å². The number of amides is 1. The number of esters is 1. The van der Waals surface area contributed by atoms with Crippen molar-refractivity contribution in [3.63, 3.8) is 0 Å². The fourth-order valence-corrected chi connectivity index (χ4v) is 3.64. The monoisotopic (exact) mass is 476 g/mol. The highest BCUT2D eigenvalue weighted by Gasteiger charge is 2.44. The third kappa shape index (κ3) is 5.14. The normalized spacial score (nSPS) is 16.9. The van der Waals surface area contributed by atoms with E-state index in [1.54, 1.807) is 32.9 Å². The third-order valence-electron chi connectivity index (χ3n) is 5.18. The number of ketones is 1. The van der Waals surface area contributed by atoms with E-state index < -0.39 is 23.3 Å². The first-order valence-electron chi connectivity index (χ1n) is 9.95. The number of nitrogens with zero attached hydrogens (tertiary/aromatic N) is 3. The Labute approximate surface area is 195 Å². The van der Waals surface area contributed by atoms with Gasteiger partial charge in [0.15, 0.2) is 6.04 Å². The van der Waals surface area contributed by atoms with Gasteiger partial charge in [-0.15, -0.1) is 0 Å². The van der Waals surface area contributed by atoms with Gasteiger partial charge < -0.3 is 10.1 Å². The Hall–Kier alpha value is -2.84. The van der Waals surface area contributed by atoms with E-state index in [2.05, 4.69) is 20.3 Å². The lowest BCUT2D eigenvalue weighted by molar-refractivity contribution is -0.144. The van der Waals surface area contributed by atoms with Crippen molar-refractivity contribution in [2.24, 2.45) is 10.4 Å². The summed E-state index contributed by atoms with van der Waals surface area (Å²) in [5.41, 5.74) is 1.13. The summed E-state index contributed by atoms with van der Waals surface area (Å²) in [4.78, 5) is 49.4. The summed E-state index contributed by atoms with van der Waals surface area (Å²) >= 11 is 12.0. The van der Waals surface area contributed by atoms with Crippen LogP contribution in [0, 0.1) is 5.41 Å². The lowest BCUT2D eigenvalue weighted by Gasteiger charge is -2.35. The number of hydrogen-bond acceptors (Lipinski definition) is 7. The Morgan fingerprint density at radius 2 is 1.91 bits per heavy atom. The average Bonchev–Trinajstić information content (AvgIpc) is 2.74. The van der Waals surface area contributed by atoms with E-state index in [0.717, 1.165) is 0 Å². The van der Waals surface area contributed by atoms with E-state index in [1.165, 1.54) is 18.6 Å². The largest absolute Gasteiger partial charge is 0.464 e. The minimum atomic E-state index is -0.806. The lowest BCUT2D eigenvalue weighted by atomic mass is 9.68. The molecule has 0 spiro atoms. The molecule has 1 aliphatic rings. The summed E-state index contributed by atoms with van der Waals surface area (Å²) in [6.45, 7) is 5.52. The van der Waals surface area contributed by atoms with Crippen LogP contribution in [0.25, 0.3) is 0 Å². The van der Waals surface area contributed by atoms with Crippen LogP contribution >= 0.6 is 23.2 Å². The molecule has 2 heterocycles. The van der Waals surface area contributed by atoms with Crippen molar-refractivity contribution < 1.29 is 19.1 Å². The first-order valence-corrected chi connectivity index (χ1v) is 10.7. The second-order valence-electron chi connectivity index (χ2n) is 7.74. The fourth-order valence-electron chi connectivity index (χ4n) is 3.10. The average molecular weight is 477 g/mol. The zero-order chi connectivity index (χ0) is 23.5. The van der Waals surface area contributed by atoms with Crippen molar-refractivity contribution in [1.29, 1.82) is 0 Å². The maximum absolute atomic E-state index is 12.5. The first-order chi connectivity index (χ1) is 15.1. The minimum Gasteiger partial charge on any atom is -0.464 e. The second-order valence-corrected chi connectivity index (χ2v) is 8.56. The van der Waals surface area contributed by atoms with Gasteiger partial charge in [-0.25, -0.2) is 4.79 Å². The lowest BCUT2D eigenvalue weighted by Crippen LogP contribution is -2.47. The number of pyridine rings is 2. The molecule has 2 aromatic rings. The zero-order valence-corrected chi connectivity index (χ0v) is 19.3. The maximum atomic E-state index is 12.5. The molecule has 1 amide bonds. The quantitative estimate of drug-likeness (QED) is 0.605. The Balaban J connectivity index is 1.73. The molecule has 0 bridgehead atoms. The van der Waals surface area contributed by atoms with Crippen LogP contribution in [0.3, 0.4) is 0 Å². The number of carbonyl (C=O) groups is 3. The second kappa shape index (κ2) is 9.75. The molecule has 168 valence electrons. The number of halogens is 2. The molecule has 0 saturated heterocycles. The molecule has 0 aromatic carbocycles. The summed E-state index contributed by atoms with van der Waals surface area (Å²) in [5.74, 6) is -0.882. The third-order valence-corrected chi connectivity index (χ3v) is 5.76. The molecule has 0 unspecified atom stereocenters. The SMILES string of the molecule is CCOC(=O)[C@H](Cc1ccc(NC(=O)c2c(Cl)cncc2Cl)cn1)N=C1CC(=O)C1(C)C. The summed E-state index contributed by atoms with van der Waals surface area (Å²) < 4.78 is 5.14. The van der Waals surface area contributed by atoms with E-state index >= 15 is 0 Å². The van der Waals surface area contributed by atoms with Gasteiger partial charge in [0.1, 0.15) is 5.78 Å². The highest BCUT2D eigenvalue weighted by atomic mass is 35.5.